The predicted octanol–water partition coefficient (Wildman–Crippen LogP) is 3.40. The summed E-state index contributed by atoms with van der Waals surface area (Å²) < 4.78 is 5.22. The summed E-state index contributed by atoms with van der Waals surface area (Å²) >= 11 is 0. The zero-order valence-electron chi connectivity index (χ0n) is 17.5. The van der Waals surface area contributed by atoms with Gasteiger partial charge in [-0.25, -0.2) is 0 Å². The molecular weight excluding hydrogens is 378 g/mol. The SMILES string of the molecule is COc1ccc(CN2CCCN(C(=O)C(=O)c3c(C)[nH]c4ccccc34)CC2)cc1. The van der Waals surface area contributed by atoms with Gasteiger partial charge in [-0.2, -0.15) is 0 Å². The Kier molecular flexibility index (Phi) is 5.86. The lowest BCUT2D eigenvalue weighted by Crippen LogP contribution is -2.39. The van der Waals surface area contributed by atoms with E-state index in [2.05, 4.69) is 22.0 Å². The topological polar surface area (TPSA) is 65.6 Å². The first kappa shape index (κ1) is 20.2. The van der Waals surface area contributed by atoms with Gasteiger partial charge in [-0.15, -0.1) is 0 Å². The Hall–Kier alpha value is -3.12. The number of aryl methyl sites for hydroxylation is 1. The van der Waals surface area contributed by atoms with Gasteiger partial charge in [0.05, 0.1) is 12.7 Å². The van der Waals surface area contributed by atoms with Gasteiger partial charge in [-0.1, -0.05) is 30.3 Å². The number of nitrogens with zero attached hydrogens (tertiary/aromatic N) is 2. The van der Waals surface area contributed by atoms with Gasteiger partial charge >= 0.3 is 0 Å². The lowest BCUT2D eigenvalue weighted by atomic mass is 10.1. The minimum atomic E-state index is -0.423. The molecule has 1 saturated heterocycles. The van der Waals surface area contributed by atoms with Crippen molar-refractivity contribution < 1.29 is 14.3 Å². The molecule has 1 aromatic heterocycles. The van der Waals surface area contributed by atoms with Crippen molar-refractivity contribution in [2.45, 2.75) is 19.9 Å². The Morgan fingerprint density at radius 2 is 1.77 bits per heavy atom. The molecule has 3 aromatic rings. The zero-order valence-corrected chi connectivity index (χ0v) is 17.5. The number of aromatic nitrogens is 1. The van der Waals surface area contributed by atoms with Gasteiger partial charge in [0.2, 0.25) is 0 Å². The number of ketones is 1. The summed E-state index contributed by atoms with van der Waals surface area (Å²) in [5, 5.41) is 0.810. The maximum absolute atomic E-state index is 13.0. The van der Waals surface area contributed by atoms with E-state index >= 15 is 0 Å². The molecule has 0 aliphatic carbocycles. The quantitative estimate of drug-likeness (QED) is 0.522. The van der Waals surface area contributed by atoms with Crippen LogP contribution >= 0.6 is 0 Å². The zero-order chi connectivity index (χ0) is 21.1. The molecule has 0 spiro atoms. The molecule has 1 aliphatic heterocycles. The fraction of sp³-hybridized carbons (Fsp3) is 0.333. The van der Waals surface area contributed by atoms with E-state index in [4.69, 9.17) is 4.74 Å². The Labute approximate surface area is 176 Å². The highest BCUT2D eigenvalue weighted by Gasteiger charge is 2.28. The minimum Gasteiger partial charge on any atom is -0.497 e. The Balaban J connectivity index is 1.42. The number of amides is 1. The van der Waals surface area contributed by atoms with Gasteiger partial charge in [0.25, 0.3) is 11.7 Å². The monoisotopic (exact) mass is 405 g/mol. The van der Waals surface area contributed by atoms with E-state index in [0.717, 1.165) is 48.4 Å². The number of nitrogens with one attached hydrogen (secondary N) is 1. The largest absolute Gasteiger partial charge is 0.497 e. The second-order valence-corrected chi connectivity index (χ2v) is 7.77. The number of carbonyl (C=O) groups excluding carboxylic acids is 2. The highest BCUT2D eigenvalue weighted by Crippen LogP contribution is 2.23. The van der Waals surface area contributed by atoms with Gasteiger partial charge in [-0.05, 0) is 37.1 Å². The van der Waals surface area contributed by atoms with Crippen LogP contribution in [0, 0.1) is 6.92 Å². The summed E-state index contributed by atoms with van der Waals surface area (Å²) in [6.45, 7) is 5.47. The molecule has 4 rings (SSSR count). The lowest BCUT2D eigenvalue weighted by molar-refractivity contribution is -0.126. The first-order valence-corrected chi connectivity index (χ1v) is 10.3. The maximum Gasteiger partial charge on any atom is 0.295 e. The summed E-state index contributed by atoms with van der Waals surface area (Å²) in [5.41, 5.74) is 3.33. The molecule has 1 amide bonds. The van der Waals surface area contributed by atoms with Gasteiger partial charge < -0.3 is 14.6 Å². The molecule has 0 bridgehead atoms. The molecule has 2 heterocycles. The molecule has 1 N–H and O–H groups in total. The van der Waals surface area contributed by atoms with E-state index in [9.17, 15) is 9.59 Å². The number of hydrogen-bond acceptors (Lipinski definition) is 4. The van der Waals surface area contributed by atoms with Crippen molar-refractivity contribution in [3.05, 3.63) is 65.4 Å². The normalized spacial score (nSPS) is 15.2. The van der Waals surface area contributed by atoms with Crippen molar-refractivity contribution in [3.8, 4) is 5.75 Å². The molecule has 156 valence electrons. The molecule has 6 heteroatoms. The van der Waals surface area contributed by atoms with Crippen LogP contribution in [0.3, 0.4) is 0 Å². The molecule has 0 saturated carbocycles. The maximum atomic E-state index is 13.0. The number of ether oxygens (including phenoxy) is 1. The Bertz CT molecular complexity index is 1060. The number of fused-ring (bicyclic) bond motifs is 1. The fourth-order valence-corrected chi connectivity index (χ4v) is 4.14. The van der Waals surface area contributed by atoms with Crippen LogP contribution in [0.5, 0.6) is 5.75 Å². The number of Topliss-reactive ketones (excluding diaryl/α,β-unsaturated/α-hetero) is 1. The highest BCUT2D eigenvalue weighted by atomic mass is 16.5. The summed E-state index contributed by atoms with van der Waals surface area (Å²) in [7, 11) is 1.66. The van der Waals surface area contributed by atoms with E-state index < -0.39 is 11.7 Å². The molecule has 30 heavy (non-hydrogen) atoms. The van der Waals surface area contributed by atoms with E-state index in [1.54, 1.807) is 12.0 Å². The van der Waals surface area contributed by atoms with Gasteiger partial charge in [0.15, 0.2) is 0 Å². The number of H-pyrrole nitrogens is 1. The standard InChI is InChI=1S/C24H27N3O3/c1-17-22(20-6-3-4-7-21(20)25-17)23(28)24(29)27-13-5-12-26(14-15-27)16-18-8-10-19(30-2)11-9-18/h3-4,6-11,25H,5,12-16H2,1-2H3. The Morgan fingerprint density at radius 1 is 1.00 bits per heavy atom. The second-order valence-electron chi connectivity index (χ2n) is 7.77. The van der Waals surface area contributed by atoms with Crippen molar-refractivity contribution in [2.75, 3.05) is 33.3 Å². The first-order valence-electron chi connectivity index (χ1n) is 10.3. The molecule has 0 unspecified atom stereocenters. The molecule has 1 aliphatic rings. The third-order valence-electron chi connectivity index (χ3n) is 5.76. The first-order chi connectivity index (χ1) is 14.6. The second kappa shape index (κ2) is 8.71. The van der Waals surface area contributed by atoms with Crippen LogP contribution in [0.15, 0.2) is 48.5 Å². The summed E-state index contributed by atoms with van der Waals surface area (Å²) in [5.74, 6) is 0.0141. The lowest BCUT2D eigenvalue weighted by Gasteiger charge is -2.21. The number of benzene rings is 2. The average molecular weight is 405 g/mol. The molecular formula is C24H27N3O3. The van der Waals surface area contributed by atoms with Gasteiger partial charge in [-0.3, -0.25) is 14.5 Å². The van der Waals surface area contributed by atoms with Crippen molar-refractivity contribution in [2.24, 2.45) is 0 Å². The van der Waals surface area contributed by atoms with Crippen LogP contribution in [0.4, 0.5) is 0 Å². The van der Waals surface area contributed by atoms with Crippen LogP contribution in [-0.2, 0) is 11.3 Å². The average Bonchev–Trinajstić information content (AvgIpc) is 2.93. The highest BCUT2D eigenvalue weighted by molar-refractivity contribution is 6.45. The number of methoxy groups -OCH3 is 1. The third-order valence-corrected chi connectivity index (χ3v) is 5.76. The van der Waals surface area contributed by atoms with E-state index in [1.165, 1.54) is 5.56 Å². The summed E-state index contributed by atoms with van der Waals surface area (Å²) in [6.07, 6.45) is 0.849. The Morgan fingerprint density at radius 3 is 2.53 bits per heavy atom. The molecule has 0 radical (unpaired) electrons. The third kappa shape index (κ3) is 4.09. The molecule has 0 atom stereocenters. The van der Waals surface area contributed by atoms with E-state index in [1.807, 2.05) is 43.3 Å². The number of carbonyl (C=O) groups is 2. The van der Waals surface area contributed by atoms with Crippen molar-refractivity contribution in [1.82, 2.24) is 14.8 Å². The van der Waals surface area contributed by atoms with Crippen LogP contribution < -0.4 is 4.74 Å². The predicted molar refractivity (Wildman–Crippen MR) is 117 cm³/mol. The van der Waals surface area contributed by atoms with Gasteiger partial charge in [0.1, 0.15) is 5.75 Å². The summed E-state index contributed by atoms with van der Waals surface area (Å²) in [4.78, 5) is 33.3. The van der Waals surface area contributed by atoms with E-state index in [-0.39, 0.29) is 0 Å². The van der Waals surface area contributed by atoms with Crippen LogP contribution in [0.1, 0.15) is 28.0 Å². The number of para-hydroxylation sites is 1. The number of aromatic amines is 1. The van der Waals surface area contributed by atoms with E-state index in [0.29, 0.717) is 18.7 Å². The van der Waals surface area contributed by atoms with Crippen LogP contribution in [0.25, 0.3) is 10.9 Å². The minimum absolute atomic E-state index is 0.408. The van der Waals surface area contributed by atoms with Crippen molar-refractivity contribution in [3.63, 3.8) is 0 Å². The molecule has 2 aromatic carbocycles. The molecule has 6 nitrogen and oxygen atoms in total. The summed E-state index contributed by atoms with van der Waals surface area (Å²) in [6, 6.07) is 15.7. The van der Waals surface area contributed by atoms with Crippen molar-refractivity contribution >= 4 is 22.6 Å². The van der Waals surface area contributed by atoms with Crippen LogP contribution in [0.2, 0.25) is 0 Å². The smallest absolute Gasteiger partial charge is 0.295 e. The fourth-order valence-electron chi connectivity index (χ4n) is 4.14. The van der Waals surface area contributed by atoms with Crippen molar-refractivity contribution in [1.29, 1.82) is 0 Å². The number of rotatable bonds is 5. The molecule has 1 fully saturated rings. The van der Waals surface area contributed by atoms with Crippen LogP contribution in [-0.4, -0.2) is 59.8 Å². The number of hydrogen-bond donors (Lipinski definition) is 1. The van der Waals surface area contributed by atoms with Gasteiger partial charge in [0, 0.05) is 49.3 Å².